The van der Waals surface area contributed by atoms with Crippen molar-refractivity contribution >= 4 is 40.7 Å². The number of nitrogens with one attached hydrogen (secondary N) is 1. The molecule has 9 nitrogen and oxygen atoms in total. The van der Waals surface area contributed by atoms with Gasteiger partial charge in [-0.2, -0.15) is 0 Å². The Morgan fingerprint density at radius 3 is 2.67 bits per heavy atom. The van der Waals surface area contributed by atoms with Crippen molar-refractivity contribution < 1.29 is 37.0 Å². The first-order chi connectivity index (χ1) is 19.7. The van der Waals surface area contributed by atoms with Crippen molar-refractivity contribution in [1.82, 2.24) is 20.1 Å². The topological polar surface area (TPSA) is 107 Å². The Balaban J connectivity index is 1.54. The molecule has 0 spiro atoms. The summed E-state index contributed by atoms with van der Waals surface area (Å²) in [7, 11) is 1.13. The number of carbonyl (C=O) groups excluding carboxylic acids is 1. The predicted molar refractivity (Wildman–Crippen MR) is 147 cm³/mol. The van der Waals surface area contributed by atoms with Crippen LogP contribution in [0.3, 0.4) is 0 Å². The van der Waals surface area contributed by atoms with Crippen molar-refractivity contribution in [2.45, 2.75) is 31.9 Å². The third-order valence-electron chi connectivity index (χ3n) is 7.87. The Hall–Kier alpha value is -3.07. The van der Waals surface area contributed by atoms with Gasteiger partial charge in [0.1, 0.15) is 6.04 Å². The number of benzene rings is 1. The number of halogens is 5. The van der Waals surface area contributed by atoms with Gasteiger partial charge in [-0.3, -0.25) is 14.7 Å². The second kappa shape index (κ2) is 11.2. The van der Waals surface area contributed by atoms with Crippen LogP contribution in [-0.2, 0) is 14.3 Å². The summed E-state index contributed by atoms with van der Waals surface area (Å²) in [6, 6.07) is 0.165. The molecule has 2 fully saturated rings. The number of amidine groups is 1. The number of carbonyl (C=O) groups is 2. The summed E-state index contributed by atoms with van der Waals surface area (Å²) in [6.07, 6.45) is 1.53. The minimum Gasteiger partial charge on any atom is -0.481 e. The molecule has 3 aliphatic heterocycles. The quantitative estimate of drug-likeness (QED) is 0.257. The predicted octanol–water partition coefficient (Wildman–Crippen LogP) is 3.96. The van der Waals surface area contributed by atoms with Gasteiger partial charge in [-0.25, -0.2) is 27.3 Å². The van der Waals surface area contributed by atoms with Gasteiger partial charge in [0.15, 0.2) is 22.5 Å². The number of esters is 1. The smallest absolute Gasteiger partial charge is 0.338 e. The standard InChI is InChI=1S/C27H28ClF4N5O4S/c1-26(2,25(39)40)11-36-8-14-17(10-36)37(12-27(14,31)32)9-16-18(24(38)41-3)21(13-4-5-15(29)20(30)19(13)28)35-22(34-16)23-33-6-7-42-23/h4-7,14,17,21H,8-12H2,1-3H3,(H,34,35)(H,39,40)/t14-,17+,21+/m1/s1. The molecule has 0 amide bonds. The molecule has 42 heavy (non-hydrogen) atoms. The molecule has 2 aromatic rings. The number of carboxylic acid groups (broad SMARTS) is 1. The summed E-state index contributed by atoms with van der Waals surface area (Å²) in [5, 5.41) is 14.1. The average Bonchev–Trinajstić information content (AvgIpc) is 3.65. The number of methoxy groups -OCH3 is 1. The molecule has 226 valence electrons. The number of rotatable bonds is 8. The maximum absolute atomic E-state index is 15.3. The number of carboxylic acids is 1. The zero-order chi connectivity index (χ0) is 30.6. The Labute approximate surface area is 247 Å². The highest BCUT2D eigenvalue weighted by molar-refractivity contribution is 7.11. The summed E-state index contributed by atoms with van der Waals surface area (Å²) in [6.45, 7) is 2.62. The van der Waals surface area contributed by atoms with Gasteiger partial charge in [-0.15, -0.1) is 11.3 Å². The van der Waals surface area contributed by atoms with E-state index in [-0.39, 0.29) is 48.8 Å². The molecule has 3 aliphatic rings. The van der Waals surface area contributed by atoms with Crippen LogP contribution in [0.2, 0.25) is 5.02 Å². The fraction of sp³-hybridized carbons (Fsp3) is 0.481. The van der Waals surface area contributed by atoms with Crippen LogP contribution in [0.1, 0.15) is 30.5 Å². The first-order valence-electron chi connectivity index (χ1n) is 13.0. The lowest BCUT2D eigenvalue weighted by molar-refractivity contribution is -0.148. The Morgan fingerprint density at radius 2 is 2.02 bits per heavy atom. The van der Waals surface area contributed by atoms with Gasteiger partial charge in [-0.1, -0.05) is 17.7 Å². The highest BCUT2D eigenvalue weighted by Gasteiger charge is 2.58. The molecule has 3 atom stereocenters. The second-order valence-corrected chi connectivity index (χ2v) is 12.5. The lowest BCUT2D eigenvalue weighted by Crippen LogP contribution is -2.44. The number of alkyl halides is 2. The molecule has 5 rings (SSSR count). The lowest BCUT2D eigenvalue weighted by atomic mass is 9.93. The molecular formula is C27H28ClF4N5O4S. The highest BCUT2D eigenvalue weighted by atomic mass is 35.5. The van der Waals surface area contributed by atoms with Crippen LogP contribution in [0.4, 0.5) is 17.6 Å². The van der Waals surface area contributed by atoms with Crippen molar-refractivity contribution in [3.8, 4) is 0 Å². The third kappa shape index (κ3) is 5.52. The van der Waals surface area contributed by atoms with Crippen molar-refractivity contribution in [3.63, 3.8) is 0 Å². The van der Waals surface area contributed by atoms with E-state index in [0.717, 1.165) is 13.2 Å². The molecule has 1 aromatic carbocycles. The van der Waals surface area contributed by atoms with Gasteiger partial charge < -0.3 is 20.1 Å². The van der Waals surface area contributed by atoms with Gasteiger partial charge in [0.05, 0.1) is 35.6 Å². The minimum absolute atomic E-state index is 0.0140. The van der Waals surface area contributed by atoms with E-state index in [1.807, 2.05) is 0 Å². The number of thiazole rings is 1. The molecule has 0 aliphatic carbocycles. The zero-order valence-corrected chi connectivity index (χ0v) is 24.4. The lowest BCUT2D eigenvalue weighted by Gasteiger charge is -2.32. The van der Waals surface area contributed by atoms with Crippen LogP contribution in [0.5, 0.6) is 0 Å². The molecule has 1 aromatic heterocycles. The molecule has 2 N–H and O–H groups in total. The normalized spacial score (nSPS) is 24.4. The maximum Gasteiger partial charge on any atom is 0.338 e. The van der Waals surface area contributed by atoms with Gasteiger partial charge in [0, 0.05) is 55.1 Å². The van der Waals surface area contributed by atoms with E-state index in [0.29, 0.717) is 5.01 Å². The van der Waals surface area contributed by atoms with Gasteiger partial charge >= 0.3 is 11.9 Å². The van der Waals surface area contributed by atoms with Crippen LogP contribution in [-0.4, -0.2) is 89.5 Å². The van der Waals surface area contributed by atoms with Crippen LogP contribution < -0.4 is 5.32 Å². The van der Waals surface area contributed by atoms with Crippen molar-refractivity contribution in [3.05, 3.63) is 62.2 Å². The van der Waals surface area contributed by atoms with Crippen molar-refractivity contribution in [1.29, 1.82) is 0 Å². The van der Waals surface area contributed by atoms with Gasteiger partial charge in [0.2, 0.25) is 0 Å². The van der Waals surface area contributed by atoms with Gasteiger partial charge in [-0.05, 0) is 19.9 Å². The molecule has 2 saturated heterocycles. The first kappa shape index (κ1) is 30.4. The highest BCUT2D eigenvalue weighted by Crippen LogP contribution is 2.44. The van der Waals surface area contributed by atoms with Crippen molar-refractivity contribution in [2.75, 3.05) is 39.8 Å². The zero-order valence-electron chi connectivity index (χ0n) is 22.8. The second-order valence-electron chi connectivity index (χ2n) is 11.2. The van der Waals surface area contributed by atoms with E-state index in [1.165, 1.54) is 23.6 Å². The SMILES string of the molecule is COC(=O)C1=C(CN2CC(F)(F)[C@@H]3CN(CC(C)(C)C(=O)O)C[C@@H]32)NC(c2nccs2)=N[C@H]1c1ccc(F)c(F)c1Cl. The van der Waals surface area contributed by atoms with Crippen molar-refractivity contribution in [2.24, 2.45) is 16.3 Å². The number of aliphatic imine (C=N–C) groups is 1. The number of aliphatic carboxylic acids is 1. The van der Waals surface area contributed by atoms with E-state index in [4.69, 9.17) is 16.3 Å². The Morgan fingerprint density at radius 1 is 1.29 bits per heavy atom. The first-order valence-corrected chi connectivity index (χ1v) is 14.3. The number of likely N-dealkylation sites (tertiary alicyclic amines) is 2. The van der Waals surface area contributed by atoms with Crippen LogP contribution in [0.25, 0.3) is 0 Å². The number of ether oxygens (including phenoxy) is 1. The fourth-order valence-electron chi connectivity index (χ4n) is 5.79. The summed E-state index contributed by atoms with van der Waals surface area (Å²) < 4.78 is 64.2. The van der Waals surface area contributed by atoms with Crippen LogP contribution >= 0.6 is 22.9 Å². The number of hydrogen-bond donors (Lipinski definition) is 2. The molecule has 15 heteroatoms. The number of nitrogens with zero attached hydrogens (tertiary/aromatic N) is 4. The summed E-state index contributed by atoms with van der Waals surface area (Å²) in [4.78, 5) is 36.9. The largest absolute Gasteiger partial charge is 0.481 e. The monoisotopic (exact) mass is 629 g/mol. The van der Waals surface area contributed by atoms with E-state index >= 15 is 8.78 Å². The van der Waals surface area contributed by atoms with E-state index in [2.05, 4.69) is 15.3 Å². The Kier molecular flexibility index (Phi) is 8.11. The minimum atomic E-state index is -3.08. The number of fused-ring (bicyclic) bond motifs is 1. The molecule has 0 unspecified atom stereocenters. The van der Waals surface area contributed by atoms with Crippen LogP contribution in [0, 0.1) is 23.0 Å². The average molecular weight is 630 g/mol. The van der Waals surface area contributed by atoms with Gasteiger partial charge in [0.25, 0.3) is 5.92 Å². The van der Waals surface area contributed by atoms with E-state index in [1.54, 1.807) is 29.0 Å². The fourth-order valence-corrected chi connectivity index (χ4v) is 6.63. The van der Waals surface area contributed by atoms with E-state index in [9.17, 15) is 23.5 Å². The summed E-state index contributed by atoms with van der Waals surface area (Å²) >= 11 is 7.41. The number of aromatic nitrogens is 1. The molecule has 0 saturated carbocycles. The number of hydrogen-bond acceptors (Lipinski definition) is 9. The molecule has 4 heterocycles. The van der Waals surface area contributed by atoms with E-state index < -0.39 is 64.5 Å². The molecule has 0 bridgehead atoms. The third-order valence-corrected chi connectivity index (χ3v) is 9.04. The molecule has 0 radical (unpaired) electrons. The van der Waals surface area contributed by atoms with Crippen LogP contribution in [0.15, 0.2) is 40.0 Å². The Bertz CT molecular complexity index is 1470. The summed E-state index contributed by atoms with van der Waals surface area (Å²) in [5.74, 6) is -8.34. The summed E-state index contributed by atoms with van der Waals surface area (Å²) in [5.41, 5.74) is -1.08. The maximum atomic E-state index is 15.3. The molecular weight excluding hydrogens is 602 g/mol.